The third-order valence-electron chi connectivity index (χ3n) is 1.16. The van der Waals surface area contributed by atoms with Crippen LogP contribution < -0.4 is 5.73 Å². The fourth-order valence-corrected chi connectivity index (χ4v) is 0.490. The van der Waals surface area contributed by atoms with E-state index in [2.05, 4.69) is 0 Å². The SMILES string of the molecule is CC(C)(F)C(F)CCN. The van der Waals surface area contributed by atoms with E-state index in [4.69, 9.17) is 5.73 Å². The molecule has 0 saturated heterocycles. The molecule has 0 rings (SSSR count). The van der Waals surface area contributed by atoms with Crippen LogP contribution in [0.15, 0.2) is 0 Å². The van der Waals surface area contributed by atoms with Gasteiger partial charge in [0.2, 0.25) is 0 Å². The Kier molecular flexibility index (Phi) is 3.04. The Labute approximate surface area is 54.2 Å². The summed E-state index contributed by atoms with van der Waals surface area (Å²) in [5, 5.41) is 0. The van der Waals surface area contributed by atoms with Gasteiger partial charge in [0.05, 0.1) is 0 Å². The first-order chi connectivity index (χ1) is 3.98. The first kappa shape index (κ1) is 8.82. The van der Waals surface area contributed by atoms with Gasteiger partial charge in [-0.3, -0.25) is 0 Å². The van der Waals surface area contributed by atoms with E-state index < -0.39 is 11.8 Å². The lowest BCUT2D eigenvalue weighted by Crippen LogP contribution is -2.29. The molecule has 0 bridgehead atoms. The molecule has 0 radical (unpaired) electrons. The monoisotopic (exact) mass is 137 g/mol. The topological polar surface area (TPSA) is 26.0 Å². The van der Waals surface area contributed by atoms with Crippen LogP contribution in [0.4, 0.5) is 8.78 Å². The summed E-state index contributed by atoms with van der Waals surface area (Å²) in [6.45, 7) is 2.63. The smallest absolute Gasteiger partial charge is 0.136 e. The quantitative estimate of drug-likeness (QED) is 0.625. The van der Waals surface area contributed by atoms with Crippen LogP contribution in [0.25, 0.3) is 0 Å². The van der Waals surface area contributed by atoms with E-state index in [1.807, 2.05) is 0 Å². The van der Waals surface area contributed by atoms with Gasteiger partial charge >= 0.3 is 0 Å². The van der Waals surface area contributed by atoms with Crippen molar-refractivity contribution in [2.75, 3.05) is 6.54 Å². The van der Waals surface area contributed by atoms with Crippen molar-refractivity contribution in [2.45, 2.75) is 32.1 Å². The highest BCUT2D eigenvalue weighted by molar-refractivity contribution is 4.77. The van der Waals surface area contributed by atoms with Crippen molar-refractivity contribution in [3.05, 3.63) is 0 Å². The molecule has 3 heteroatoms. The normalized spacial score (nSPS) is 15.7. The van der Waals surface area contributed by atoms with Gasteiger partial charge in [-0.05, 0) is 26.8 Å². The van der Waals surface area contributed by atoms with Crippen LogP contribution in [0, 0.1) is 0 Å². The van der Waals surface area contributed by atoms with Crippen LogP contribution in [-0.4, -0.2) is 18.4 Å². The van der Waals surface area contributed by atoms with Crippen LogP contribution in [0.5, 0.6) is 0 Å². The highest BCUT2D eigenvalue weighted by Gasteiger charge is 2.27. The van der Waals surface area contributed by atoms with E-state index >= 15 is 0 Å². The summed E-state index contributed by atoms with van der Waals surface area (Å²) in [5.41, 5.74) is 3.28. The van der Waals surface area contributed by atoms with Crippen molar-refractivity contribution >= 4 is 0 Å². The Hall–Kier alpha value is -0.180. The standard InChI is InChI=1S/C6H13F2N/c1-6(2,8)5(7)3-4-9/h5H,3-4,9H2,1-2H3. The molecule has 0 aliphatic heterocycles. The second-order valence-electron chi connectivity index (χ2n) is 2.61. The first-order valence-corrected chi connectivity index (χ1v) is 3.01. The maximum absolute atomic E-state index is 12.5. The number of alkyl halides is 2. The van der Waals surface area contributed by atoms with Gasteiger partial charge < -0.3 is 5.73 Å². The van der Waals surface area contributed by atoms with Crippen molar-refractivity contribution in [2.24, 2.45) is 5.73 Å². The molecule has 56 valence electrons. The fraction of sp³-hybridized carbons (Fsp3) is 1.00. The van der Waals surface area contributed by atoms with Gasteiger partial charge in [-0.25, -0.2) is 8.78 Å². The summed E-state index contributed by atoms with van der Waals surface area (Å²) in [7, 11) is 0. The largest absolute Gasteiger partial charge is 0.330 e. The number of nitrogens with two attached hydrogens (primary N) is 1. The molecule has 9 heavy (non-hydrogen) atoms. The zero-order chi connectivity index (χ0) is 7.49. The molecule has 0 heterocycles. The third-order valence-corrected chi connectivity index (χ3v) is 1.16. The summed E-state index contributed by atoms with van der Waals surface area (Å²) in [6, 6.07) is 0. The van der Waals surface area contributed by atoms with Gasteiger partial charge in [0.15, 0.2) is 0 Å². The van der Waals surface area contributed by atoms with E-state index in [1.54, 1.807) is 0 Å². The highest BCUT2D eigenvalue weighted by atomic mass is 19.2. The Morgan fingerprint density at radius 3 is 2.11 bits per heavy atom. The zero-order valence-electron chi connectivity index (χ0n) is 5.82. The average molecular weight is 137 g/mol. The summed E-state index contributed by atoms with van der Waals surface area (Å²) >= 11 is 0. The van der Waals surface area contributed by atoms with E-state index in [9.17, 15) is 8.78 Å². The Morgan fingerprint density at radius 1 is 1.56 bits per heavy atom. The lowest BCUT2D eigenvalue weighted by Gasteiger charge is -2.18. The molecular weight excluding hydrogens is 124 g/mol. The second kappa shape index (κ2) is 3.11. The van der Waals surface area contributed by atoms with Gasteiger partial charge in [-0.2, -0.15) is 0 Å². The lowest BCUT2D eigenvalue weighted by molar-refractivity contribution is 0.0807. The van der Waals surface area contributed by atoms with E-state index in [-0.39, 0.29) is 13.0 Å². The Morgan fingerprint density at radius 2 is 2.00 bits per heavy atom. The van der Waals surface area contributed by atoms with Crippen molar-refractivity contribution in [3.63, 3.8) is 0 Å². The molecule has 1 atom stereocenters. The van der Waals surface area contributed by atoms with Crippen molar-refractivity contribution in [3.8, 4) is 0 Å². The molecule has 0 aromatic rings. The Balaban J connectivity index is 3.59. The number of halogens is 2. The molecule has 0 amide bonds. The molecule has 1 unspecified atom stereocenters. The predicted molar refractivity (Wildman–Crippen MR) is 33.8 cm³/mol. The summed E-state index contributed by atoms with van der Waals surface area (Å²) in [4.78, 5) is 0. The van der Waals surface area contributed by atoms with Crippen LogP contribution in [0.2, 0.25) is 0 Å². The lowest BCUT2D eigenvalue weighted by atomic mass is 10.0. The Bertz CT molecular complexity index is 77.6. The van der Waals surface area contributed by atoms with Crippen molar-refractivity contribution in [1.82, 2.24) is 0 Å². The maximum Gasteiger partial charge on any atom is 0.136 e. The molecule has 0 aliphatic carbocycles. The molecule has 0 spiro atoms. The van der Waals surface area contributed by atoms with E-state index in [1.165, 1.54) is 13.8 Å². The minimum Gasteiger partial charge on any atom is -0.330 e. The van der Waals surface area contributed by atoms with Crippen LogP contribution in [0.3, 0.4) is 0 Å². The third kappa shape index (κ3) is 3.40. The fourth-order valence-electron chi connectivity index (χ4n) is 0.490. The molecule has 0 aromatic heterocycles. The zero-order valence-corrected chi connectivity index (χ0v) is 5.82. The molecule has 0 aliphatic rings. The van der Waals surface area contributed by atoms with Crippen LogP contribution in [0.1, 0.15) is 20.3 Å². The van der Waals surface area contributed by atoms with Crippen LogP contribution in [-0.2, 0) is 0 Å². The van der Waals surface area contributed by atoms with Gasteiger partial charge in [0.25, 0.3) is 0 Å². The van der Waals surface area contributed by atoms with E-state index in [0.717, 1.165) is 0 Å². The summed E-state index contributed by atoms with van der Waals surface area (Å²) < 4.78 is 25.0. The van der Waals surface area contributed by atoms with Gasteiger partial charge in [0, 0.05) is 0 Å². The van der Waals surface area contributed by atoms with Crippen molar-refractivity contribution in [1.29, 1.82) is 0 Å². The maximum atomic E-state index is 12.5. The predicted octanol–water partition coefficient (Wildman–Crippen LogP) is 1.42. The summed E-state index contributed by atoms with van der Waals surface area (Å²) in [6.07, 6.45) is -1.33. The molecule has 2 N–H and O–H groups in total. The van der Waals surface area contributed by atoms with E-state index in [0.29, 0.717) is 0 Å². The number of hydrogen-bond acceptors (Lipinski definition) is 1. The molecule has 0 aromatic carbocycles. The molecular formula is C6H13F2N. The molecule has 1 nitrogen and oxygen atoms in total. The average Bonchev–Trinajstić information content (AvgIpc) is 1.64. The minimum atomic E-state index is -1.74. The number of hydrogen-bond donors (Lipinski definition) is 1. The van der Waals surface area contributed by atoms with Gasteiger partial charge in [-0.15, -0.1) is 0 Å². The minimum absolute atomic E-state index is 0.101. The molecule has 0 saturated carbocycles. The van der Waals surface area contributed by atoms with Gasteiger partial charge in [0.1, 0.15) is 11.8 Å². The van der Waals surface area contributed by atoms with Crippen molar-refractivity contribution < 1.29 is 8.78 Å². The number of rotatable bonds is 3. The summed E-state index contributed by atoms with van der Waals surface area (Å²) in [5.74, 6) is 0. The van der Waals surface area contributed by atoms with Gasteiger partial charge in [-0.1, -0.05) is 0 Å². The molecule has 0 fully saturated rings. The van der Waals surface area contributed by atoms with Crippen LogP contribution >= 0.6 is 0 Å². The first-order valence-electron chi connectivity index (χ1n) is 3.01. The highest BCUT2D eigenvalue weighted by Crippen LogP contribution is 2.19. The second-order valence-corrected chi connectivity index (χ2v) is 2.61.